The predicted molar refractivity (Wildman–Crippen MR) is 121 cm³/mol. The number of aliphatic hydroxyl groups excluding tert-OH is 1. The van der Waals surface area contributed by atoms with Gasteiger partial charge in [-0.2, -0.15) is 0 Å². The lowest BCUT2D eigenvalue weighted by Crippen LogP contribution is -2.60. The molecule has 4 aliphatic carbocycles. The summed E-state index contributed by atoms with van der Waals surface area (Å²) in [5.74, 6) is 3.16. The van der Waals surface area contributed by atoms with Gasteiger partial charge in [0.05, 0.1) is 13.2 Å². The Balaban J connectivity index is 1.59. The minimum absolute atomic E-state index is 0.109. The number of ether oxygens (including phenoxy) is 1. The zero-order valence-corrected chi connectivity index (χ0v) is 20.4. The summed E-state index contributed by atoms with van der Waals surface area (Å²) < 4.78 is 4.87. The third kappa shape index (κ3) is 3.60. The van der Waals surface area contributed by atoms with Crippen LogP contribution in [0.25, 0.3) is 0 Å². The number of ketones is 1. The van der Waals surface area contributed by atoms with Gasteiger partial charge in [0.2, 0.25) is 0 Å². The Morgan fingerprint density at radius 1 is 1.10 bits per heavy atom. The summed E-state index contributed by atoms with van der Waals surface area (Å²) in [6, 6.07) is 0. The molecular formula is C27H44O4. The van der Waals surface area contributed by atoms with Crippen molar-refractivity contribution in [2.45, 2.75) is 98.0 Å². The first kappa shape index (κ1) is 23.3. The van der Waals surface area contributed by atoms with Crippen LogP contribution in [-0.2, 0) is 14.3 Å². The Bertz CT molecular complexity index is 703. The summed E-state index contributed by atoms with van der Waals surface area (Å²) in [6.07, 6.45) is 9.59. The lowest BCUT2D eigenvalue weighted by molar-refractivity contribution is -0.173. The van der Waals surface area contributed by atoms with E-state index >= 15 is 0 Å². The minimum Gasteiger partial charge on any atom is -0.469 e. The number of fused-ring (bicyclic) bond motifs is 5. The molecule has 0 aromatic carbocycles. The molecule has 0 aromatic heterocycles. The first-order valence-corrected chi connectivity index (χ1v) is 13.0. The van der Waals surface area contributed by atoms with Crippen molar-refractivity contribution in [1.82, 2.24) is 0 Å². The van der Waals surface area contributed by atoms with Crippen LogP contribution in [0.1, 0.15) is 91.9 Å². The number of carbonyl (C=O) groups excluding carboxylic acids is 2. The molecular weight excluding hydrogens is 388 g/mol. The van der Waals surface area contributed by atoms with Crippen LogP contribution >= 0.6 is 0 Å². The Morgan fingerprint density at radius 2 is 1.77 bits per heavy atom. The number of hydrogen-bond acceptors (Lipinski definition) is 4. The number of esters is 1. The minimum atomic E-state index is -0.225. The van der Waals surface area contributed by atoms with E-state index in [-0.39, 0.29) is 34.7 Å². The average molecular weight is 433 g/mol. The Hall–Kier alpha value is -0.900. The Labute approximate surface area is 188 Å². The SMILES string of the molecule is CC[C@H]1C(=O)C2C(CC[C@@]3(C)C2CC[C@@H]3[C@H](C)CCC(=O)OC)[C@@]2(C)CC[C@@H](O)CC12. The van der Waals surface area contributed by atoms with Crippen molar-refractivity contribution in [3.05, 3.63) is 0 Å². The van der Waals surface area contributed by atoms with Crippen LogP contribution in [0, 0.1) is 52.3 Å². The molecule has 0 amide bonds. The molecule has 0 heterocycles. The lowest BCUT2D eigenvalue weighted by Gasteiger charge is -2.62. The van der Waals surface area contributed by atoms with Crippen LogP contribution in [0.4, 0.5) is 0 Å². The van der Waals surface area contributed by atoms with Crippen molar-refractivity contribution >= 4 is 11.8 Å². The molecule has 0 aliphatic heterocycles. The van der Waals surface area contributed by atoms with E-state index in [1.54, 1.807) is 0 Å². The summed E-state index contributed by atoms with van der Waals surface area (Å²) in [7, 11) is 1.47. The summed E-state index contributed by atoms with van der Waals surface area (Å²) in [5.41, 5.74) is 0.413. The number of methoxy groups -OCH3 is 1. The van der Waals surface area contributed by atoms with E-state index in [1.165, 1.54) is 20.0 Å². The Kier molecular flexibility index (Phi) is 6.35. The molecule has 176 valence electrons. The smallest absolute Gasteiger partial charge is 0.305 e. The standard InChI is InChI=1S/C27H44O4/c1-6-18-22-15-17(28)11-13-27(22,4)21-12-14-26(3)19(16(2)7-10-23(29)31-5)8-9-20(26)24(21)25(18)30/h16-22,24,28H,6-15H2,1-5H3/t16-,17-,18-,19-,20?,21?,22?,24?,26-,27-/m1/s1. The highest BCUT2D eigenvalue weighted by molar-refractivity contribution is 5.86. The van der Waals surface area contributed by atoms with Gasteiger partial charge in [0, 0.05) is 18.3 Å². The molecule has 4 nitrogen and oxygen atoms in total. The molecule has 1 N–H and O–H groups in total. The maximum absolute atomic E-state index is 14.0. The van der Waals surface area contributed by atoms with Crippen LogP contribution in [0.5, 0.6) is 0 Å². The monoisotopic (exact) mass is 432 g/mol. The average Bonchev–Trinajstić information content (AvgIpc) is 3.10. The van der Waals surface area contributed by atoms with Gasteiger partial charge in [0.1, 0.15) is 5.78 Å². The number of Topliss-reactive ketones (excluding diaryl/α,β-unsaturated/α-hetero) is 1. The van der Waals surface area contributed by atoms with E-state index in [0.717, 1.165) is 44.9 Å². The van der Waals surface area contributed by atoms with Crippen LogP contribution in [0.3, 0.4) is 0 Å². The third-order valence-corrected chi connectivity index (χ3v) is 10.9. The summed E-state index contributed by atoms with van der Waals surface area (Å²) in [4.78, 5) is 25.7. The highest BCUT2D eigenvalue weighted by atomic mass is 16.5. The summed E-state index contributed by atoms with van der Waals surface area (Å²) >= 11 is 0. The number of carbonyl (C=O) groups is 2. The molecule has 0 aromatic rings. The Morgan fingerprint density at radius 3 is 2.45 bits per heavy atom. The molecule has 0 radical (unpaired) electrons. The zero-order chi connectivity index (χ0) is 22.6. The molecule has 0 bridgehead atoms. The van der Waals surface area contributed by atoms with E-state index < -0.39 is 0 Å². The maximum Gasteiger partial charge on any atom is 0.305 e. The molecule has 4 unspecified atom stereocenters. The van der Waals surface area contributed by atoms with Crippen molar-refractivity contribution < 1.29 is 19.4 Å². The van der Waals surface area contributed by atoms with E-state index in [9.17, 15) is 14.7 Å². The van der Waals surface area contributed by atoms with Crippen molar-refractivity contribution in [1.29, 1.82) is 0 Å². The normalized spacial score (nSPS) is 47.8. The highest BCUT2D eigenvalue weighted by Crippen LogP contribution is 2.68. The zero-order valence-electron chi connectivity index (χ0n) is 20.4. The van der Waals surface area contributed by atoms with Crippen molar-refractivity contribution in [3.63, 3.8) is 0 Å². The predicted octanol–water partition coefficient (Wildman–Crippen LogP) is 5.41. The van der Waals surface area contributed by atoms with Gasteiger partial charge >= 0.3 is 5.97 Å². The fourth-order valence-corrected chi connectivity index (χ4v) is 9.26. The molecule has 0 saturated heterocycles. The second-order valence-electron chi connectivity index (χ2n) is 12.0. The summed E-state index contributed by atoms with van der Waals surface area (Å²) in [6.45, 7) is 9.42. The van der Waals surface area contributed by atoms with Gasteiger partial charge in [0.25, 0.3) is 0 Å². The number of hydrogen-bond donors (Lipinski definition) is 1. The summed E-state index contributed by atoms with van der Waals surface area (Å²) in [5, 5.41) is 10.4. The van der Waals surface area contributed by atoms with Crippen LogP contribution in [-0.4, -0.2) is 30.1 Å². The number of aliphatic hydroxyl groups is 1. The van der Waals surface area contributed by atoms with Crippen molar-refractivity contribution in [2.75, 3.05) is 7.11 Å². The second kappa shape index (κ2) is 8.47. The quantitative estimate of drug-likeness (QED) is 0.590. The van der Waals surface area contributed by atoms with Gasteiger partial charge in [-0.3, -0.25) is 9.59 Å². The molecule has 4 fully saturated rings. The van der Waals surface area contributed by atoms with Crippen molar-refractivity contribution in [2.24, 2.45) is 52.3 Å². The van der Waals surface area contributed by atoms with E-state index in [4.69, 9.17) is 4.74 Å². The first-order chi connectivity index (χ1) is 14.7. The first-order valence-electron chi connectivity index (χ1n) is 13.0. The van der Waals surface area contributed by atoms with Gasteiger partial charge in [-0.05, 0) is 98.2 Å². The largest absolute Gasteiger partial charge is 0.469 e. The highest BCUT2D eigenvalue weighted by Gasteiger charge is 2.65. The lowest BCUT2D eigenvalue weighted by atomic mass is 9.42. The third-order valence-electron chi connectivity index (χ3n) is 10.9. The van der Waals surface area contributed by atoms with Gasteiger partial charge in [-0.15, -0.1) is 0 Å². The van der Waals surface area contributed by atoms with Crippen LogP contribution < -0.4 is 0 Å². The second-order valence-corrected chi connectivity index (χ2v) is 12.0. The van der Waals surface area contributed by atoms with Gasteiger partial charge in [-0.1, -0.05) is 27.7 Å². The molecule has 0 spiro atoms. The molecule has 10 atom stereocenters. The van der Waals surface area contributed by atoms with Crippen molar-refractivity contribution in [3.8, 4) is 0 Å². The fourth-order valence-electron chi connectivity index (χ4n) is 9.26. The van der Waals surface area contributed by atoms with Crippen LogP contribution in [0.2, 0.25) is 0 Å². The molecule has 31 heavy (non-hydrogen) atoms. The maximum atomic E-state index is 14.0. The number of rotatable bonds is 5. The van der Waals surface area contributed by atoms with Gasteiger partial charge < -0.3 is 9.84 Å². The fraction of sp³-hybridized carbons (Fsp3) is 0.926. The van der Waals surface area contributed by atoms with Crippen LogP contribution in [0.15, 0.2) is 0 Å². The van der Waals surface area contributed by atoms with Gasteiger partial charge in [-0.25, -0.2) is 0 Å². The molecule has 4 aliphatic rings. The molecule has 4 heteroatoms. The van der Waals surface area contributed by atoms with E-state index in [0.29, 0.717) is 41.8 Å². The van der Waals surface area contributed by atoms with Gasteiger partial charge in [0.15, 0.2) is 0 Å². The van der Waals surface area contributed by atoms with E-state index in [2.05, 4.69) is 27.7 Å². The topological polar surface area (TPSA) is 63.6 Å². The molecule has 4 saturated carbocycles. The molecule has 4 rings (SSSR count). The van der Waals surface area contributed by atoms with E-state index in [1.807, 2.05) is 0 Å².